The number of halogens is 1. The summed E-state index contributed by atoms with van der Waals surface area (Å²) in [4.78, 5) is 11.2. The molecule has 1 rings (SSSR count). The molecule has 0 fully saturated rings. The second-order valence-corrected chi connectivity index (χ2v) is 3.18. The molecule has 1 aromatic rings. The van der Waals surface area contributed by atoms with E-state index in [0.717, 1.165) is 5.69 Å². The minimum atomic E-state index is -0.210. The van der Waals surface area contributed by atoms with Crippen LogP contribution in [0, 0.1) is 0 Å². The maximum absolute atomic E-state index is 11.2. The van der Waals surface area contributed by atoms with E-state index in [0.29, 0.717) is 5.03 Å². The minimum Gasteiger partial charge on any atom is -0.322 e. The lowest BCUT2D eigenvalue weighted by Crippen LogP contribution is -2.07. The molecule has 1 amide bonds. The summed E-state index contributed by atoms with van der Waals surface area (Å²) in [6.45, 7) is 1.66. The fraction of sp³-hybridized carbons (Fsp3) is 0.100. The molecule has 0 spiro atoms. The van der Waals surface area contributed by atoms with Crippen LogP contribution in [0.15, 0.2) is 41.4 Å². The predicted octanol–water partition coefficient (Wildman–Crippen LogP) is 2.77. The van der Waals surface area contributed by atoms with Gasteiger partial charge in [0, 0.05) is 16.8 Å². The topological polar surface area (TPSA) is 29.1 Å². The molecule has 0 aliphatic carbocycles. The number of hydrogen-bond acceptors (Lipinski definition) is 1. The molecular formula is C10H10ClNO. The largest absolute Gasteiger partial charge is 0.322 e. The number of nitrogens with one attached hydrogen (secondary N) is 1. The first-order valence-electron chi connectivity index (χ1n) is 3.88. The number of rotatable bonds is 2. The van der Waals surface area contributed by atoms with Crippen molar-refractivity contribution in [3.63, 3.8) is 0 Å². The Morgan fingerprint density at radius 1 is 1.38 bits per heavy atom. The van der Waals surface area contributed by atoms with Gasteiger partial charge in [0.05, 0.1) is 0 Å². The van der Waals surface area contributed by atoms with Crippen LogP contribution in [0.25, 0.3) is 0 Å². The highest BCUT2D eigenvalue weighted by Gasteiger charge is 1.96. The van der Waals surface area contributed by atoms with Gasteiger partial charge in [-0.2, -0.15) is 0 Å². The average molecular weight is 196 g/mol. The highest BCUT2D eigenvalue weighted by molar-refractivity contribution is 6.31. The first-order valence-corrected chi connectivity index (χ1v) is 4.26. The van der Waals surface area contributed by atoms with Gasteiger partial charge in [-0.05, 0) is 19.1 Å². The molecule has 0 aliphatic rings. The molecule has 0 heterocycles. The molecule has 1 N–H and O–H groups in total. The quantitative estimate of drug-likeness (QED) is 0.723. The third-order valence-corrected chi connectivity index (χ3v) is 1.48. The van der Waals surface area contributed by atoms with Crippen LogP contribution in [0.1, 0.15) is 6.92 Å². The summed E-state index contributed by atoms with van der Waals surface area (Å²) < 4.78 is 0. The molecule has 0 radical (unpaired) electrons. The lowest BCUT2D eigenvalue weighted by molar-refractivity contribution is -0.111. The van der Waals surface area contributed by atoms with E-state index >= 15 is 0 Å². The Bertz CT molecular complexity index is 315. The van der Waals surface area contributed by atoms with E-state index in [4.69, 9.17) is 11.6 Å². The average Bonchev–Trinajstić information content (AvgIpc) is 2.04. The van der Waals surface area contributed by atoms with Crippen molar-refractivity contribution in [3.8, 4) is 0 Å². The molecule has 0 bridgehead atoms. The fourth-order valence-corrected chi connectivity index (χ4v) is 0.980. The van der Waals surface area contributed by atoms with E-state index in [-0.39, 0.29) is 5.91 Å². The van der Waals surface area contributed by atoms with Gasteiger partial charge in [0.15, 0.2) is 0 Å². The van der Waals surface area contributed by atoms with Gasteiger partial charge in [0.1, 0.15) is 0 Å². The number of carbonyl (C=O) groups excluding carboxylic acids is 1. The maximum atomic E-state index is 11.2. The van der Waals surface area contributed by atoms with E-state index < -0.39 is 0 Å². The Morgan fingerprint density at radius 2 is 2.00 bits per heavy atom. The lowest BCUT2D eigenvalue weighted by atomic mass is 10.3. The van der Waals surface area contributed by atoms with Crippen molar-refractivity contribution in [1.82, 2.24) is 0 Å². The third kappa shape index (κ3) is 3.76. The smallest absolute Gasteiger partial charge is 0.249 e. The van der Waals surface area contributed by atoms with Crippen LogP contribution in [0.5, 0.6) is 0 Å². The van der Waals surface area contributed by atoms with Crippen molar-refractivity contribution in [2.45, 2.75) is 6.92 Å². The molecule has 0 saturated heterocycles. The number of hydrogen-bond donors (Lipinski definition) is 1. The van der Waals surface area contributed by atoms with Gasteiger partial charge in [-0.25, -0.2) is 0 Å². The first kappa shape index (κ1) is 9.81. The number of benzene rings is 1. The lowest BCUT2D eigenvalue weighted by Gasteiger charge is -2.00. The Kier molecular flexibility index (Phi) is 3.53. The summed E-state index contributed by atoms with van der Waals surface area (Å²) in [5, 5.41) is 3.14. The molecule has 0 aliphatic heterocycles. The highest BCUT2D eigenvalue weighted by Crippen LogP contribution is 2.06. The Hall–Kier alpha value is -1.28. The monoisotopic (exact) mass is 195 g/mol. The number of para-hydroxylation sites is 1. The van der Waals surface area contributed by atoms with Gasteiger partial charge >= 0.3 is 0 Å². The molecule has 1 aromatic carbocycles. The standard InChI is InChI=1S/C10H10ClNO/c1-8(11)7-10(13)12-9-5-3-2-4-6-9/h2-7H,1H3,(H,12,13). The summed E-state index contributed by atoms with van der Waals surface area (Å²) in [7, 11) is 0. The second kappa shape index (κ2) is 4.67. The number of carbonyl (C=O) groups is 1. The molecule has 0 aromatic heterocycles. The molecule has 0 atom stereocenters. The highest BCUT2D eigenvalue weighted by atomic mass is 35.5. The van der Waals surface area contributed by atoms with E-state index in [2.05, 4.69) is 5.32 Å². The van der Waals surface area contributed by atoms with Crippen molar-refractivity contribution < 1.29 is 4.79 Å². The normalized spacial score (nSPS) is 11.1. The predicted molar refractivity (Wildman–Crippen MR) is 54.7 cm³/mol. The van der Waals surface area contributed by atoms with Crippen LogP contribution in [0.4, 0.5) is 5.69 Å². The molecule has 0 saturated carbocycles. The van der Waals surface area contributed by atoms with E-state index in [9.17, 15) is 4.79 Å². The molecule has 68 valence electrons. The van der Waals surface area contributed by atoms with Crippen LogP contribution in [0.2, 0.25) is 0 Å². The zero-order chi connectivity index (χ0) is 9.68. The summed E-state index contributed by atoms with van der Waals surface area (Å²) in [5.74, 6) is -0.210. The zero-order valence-corrected chi connectivity index (χ0v) is 8.01. The maximum Gasteiger partial charge on any atom is 0.249 e. The van der Waals surface area contributed by atoms with Crippen molar-refractivity contribution in [3.05, 3.63) is 41.4 Å². The third-order valence-electron chi connectivity index (χ3n) is 1.37. The summed E-state index contributed by atoms with van der Waals surface area (Å²) in [5.41, 5.74) is 0.765. The summed E-state index contributed by atoms with van der Waals surface area (Å²) in [6, 6.07) is 9.22. The van der Waals surface area contributed by atoms with Crippen molar-refractivity contribution >= 4 is 23.2 Å². The van der Waals surface area contributed by atoms with Crippen LogP contribution in [-0.2, 0) is 4.79 Å². The molecular weight excluding hydrogens is 186 g/mol. The van der Waals surface area contributed by atoms with E-state index in [1.807, 2.05) is 30.3 Å². The van der Waals surface area contributed by atoms with Crippen LogP contribution in [0.3, 0.4) is 0 Å². The summed E-state index contributed by atoms with van der Waals surface area (Å²) >= 11 is 5.54. The molecule has 2 nitrogen and oxygen atoms in total. The van der Waals surface area contributed by atoms with Crippen molar-refractivity contribution in [2.75, 3.05) is 5.32 Å². The molecule has 3 heteroatoms. The Balaban J connectivity index is 2.61. The van der Waals surface area contributed by atoms with Crippen LogP contribution < -0.4 is 5.32 Å². The number of amides is 1. The number of allylic oxidation sites excluding steroid dienone is 1. The van der Waals surface area contributed by atoms with Gasteiger partial charge < -0.3 is 5.32 Å². The SMILES string of the molecule is CC(Cl)=CC(=O)Nc1ccccc1. The van der Waals surface area contributed by atoms with Gasteiger partial charge in [0.25, 0.3) is 0 Å². The van der Waals surface area contributed by atoms with Crippen molar-refractivity contribution in [1.29, 1.82) is 0 Å². The van der Waals surface area contributed by atoms with Gasteiger partial charge in [-0.1, -0.05) is 29.8 Å². The number of anilines is 1. The second-order valence-electron chi connectivity index (χ2n) is 2.59. The van der Waals surface area contributed by atoms with Gasteiger partial charge in [0.2, 0.25) is 5.91 Å². The Morgan fingerprint density at radius 3 is 2.54 bits per heavy atom. The van der Waals surface area contributed by atoms with Gasteiger partial charge in [-0.3, -0.25) is 4.79 Å². The zero-order valence-electron chi connectivity index (χ0n) is 7.25. The van der Waals surface area contributed by atoms with Crippen molar-refractivity contribution in [2.24, 2.45) is 0 Å². The van der Waals surface area contributed by atoms with Crippen LogP contribution >= 0.6 is 11.6 Å². The summed E-state index contributed by atoms with van der Waals surface area (Å²) in [6.07, 6.45) is 1.34. The first-order chi connectivity index (χ1) is 6.18. The molecule has 0 unspecified atom stereocenters. The van der Waals surface area contributed by atoms with Crippen LogP contribution in [-0.4, -0.2) is 5.91 Å². The molecule has 13 heavy (non-hydrogen) atoms. The van der Waals surface area contributed by atoms with Gasteiger partial charge in [-0.15, -0.1) is 0 Å². The van der Waals surface area contributed by atoms with E-state index in [1.165, 1.54) is 6.08 Å². The fourth-order valence-electron chi connectivity index (χ4n) is 0.880. The minimum absolute atomic E-state index is 0.210. The van der Waals surface area contributed by atoms with E-state index in [1.54, 1.807) is 6.92 Å². The Labute approximate surface area is 82.2 Å².